The Morgan fingerprint density at radius 1 is 1.32 bits per heavy atom. The molecule has 0 heterocycles. The number of aliphatic carboxylic acids is 1. The lowest BCUT2D eigenvalue weighted by Gasteiger charge is -2.17. The Kier molecular flexibility index (Phi) is 4.87. The molecule has 0 aromatic heterocycles. The molecule has 19 heavy (non-hydrogen) atoms. The molecule has 2 atom stereocenters. The molecule has 0 radical (unpaired) electrons. The molecule has 0 aliphatic heterocycles. The first-order chi connectivity index (χ1) is 8.82. The van der Waals surface area contributed by atoms with Gasteiger partial charge in [0.15, 0.2) is 5.76 Å². The summed E-state index contributed by atoms with van der Waals surface area (Å²) in [4.78, 5) is 32.4. The molecule has 4 N–H and O–H groups in total. The van der Waals surface area contributed by atoms with Crippen LogP contribution in [0, 0.1) is 5.92 Å². The van der Waals surface area contributed by atoms with E-state index in [0.29, 0.717) is 0 Å². The van der Waals surface area contributed by atoms with Crippen LogP contribution in [0.15, 0.2) is 11.5 Å². The summed E-state index contributed by atoms with van der Waals surface area (Å²) in [5.41, 5.74) is 0. The number of hydrogen-bond acceptors (Lipinski definition) is 7. The van der Waals surface area contributed by atoms with Crippen LogP contribution in [0.1, 0.15) is 19.3 Å². The molecule has 0 aromatic carbocycles. The van der Waals surface area contributed by atoms with E-state index in [4.69, 9.17) is 10.2 Å². The van der Waals surface area contributed by atoms with Crippen molar-refractivity contribution in [3.05, 3.63) is 11.5 Å². The van der Waals surface area contributed by atoms with Crippen molar-refractivity contribution < 1.29 is 39.5 Å². The third-order valence-electron chi connectivity index (χ3n) is 2.69. The Morgan fingerprint density at radius 2 is 1.95 bits per heavy atom. The summed E-state index contributed by atoms with van der Waals surface area (Å²) >= 11 is 0. The van der Waals surface area contributed by atoms with Crippen LogP contribution in [0.3, 0.4) is 0 Å². The number of carbonyl (C=O) groups excluding carboxylic acids is 2. The van der Waals surface area contributed by atoms with Crippen molar-refractivity contribution in [2.75, 3.05) is 6.61 Å². The molecule has 0 bridgehead atoms. The van der Waals surface area contributed by atoms with Crippen molar-refractivity contribution in [3.8, 4) is 0 Å². The number of allylic oxidation sites excluding steroid dienone is 1. The van der Waals surface area contributed by atoms with E-state index >= 15 is 0 Å². The van der Waals surface area contributed by atoms with E-state index in [9.17, 15) is 24.6 Å². The zero-order chi connectivity index (χ0) is 14.6. The first-order valence-electron chi connectivity index (χ1n) is 5.53. The number of aliphatic hydroxyl groups is 3. The van der Waals surface area contributed by atoms with Gasteiger partial charge in [0, 0.05) is 6.42 Å². The van der Waals surface area contributed by atoms with Gasteiger partial charge in [-0.3, -0.25) is 14.4 Å². The van der Waals surface area contributed by atoms with E-state index in [0.717, 1.165) is 0 Å². The molecule has 0 amide bonds. The van der Waals surface area contributed by atoms with Gasteiger partial charge in [-0.05, 0) is 0 Å². The van der Waals surface area contributed by atoms with Crippen LogP contribution in [0.5, 0.6) is 0 Å². The molecule has 1 aliphatic carbocycles. The maximum atomic E-state index is 11.1. The van der Waals surface area contributed by atoms with Gasteiger partial charge in [0.1, 0.15) is 12.4 Å². The Balaban J connectivity index is 2.40. The highest BCUT2D eigenvalue weighted by Crippen LogP contribution is 2.28. The van der Waals surface area contributed by atoms with Crippen molar-refractivity contribution >= 4 is 17.7 Å². The minimum atomic E-state index is -1.35. The fourth-order valence-corrected chi connectivity index (χ4v) is 1.61. The summed E-state index contributed by atoms with van der Waals surface area (Å²) < 4.78 is 4.61. The first kappa shape index (κ1) is 15.0. The standard InChI is InChI=1S/C11H14O8/c12-6-3-5(10(17)11(6)18)7(13)4-19-9(16)2-1-8(14)15/h5,7,13,17-18H,1-4H2,(H,14,15). The van der Waals surface area contributed by atoms with E-state index in [2.05, 4.69) is 4.74 Å². The number of ketones is 1. The first-order valence-corrected chi connectivity index (χ1v) is 5.53. The molecule has 1 rings (SSSR count). The highest BCUT2D eigenvalue weighted by molar-refractivity contribution is 5.96. The van der Waals surface area contributed by atoms with Crippen LogP contribution < -0.4 is 0 Å². The number of hydrogen-bond donors (Lipinski definition) is 4. The summed E-state index contributed by atoms with van der Waals surface area (Å²) in [5.74, 6) is -5.08. The highest BCUT2D eigenvalue weighted by atomic mass is 16.5. The molecule has 0 fully saturated rings. The number of rotatable bonds is 6. The van der Waals surface area contributed by atoms with Crippen molar-refractivity contribution in [1.29, 1.82) is 0 Å². The predicted molar refractivity (Wildman–Crippen MR) is 59.2 cm³/mol. The average molecular weight is 274 g/mol. The van der Waals surface area contributed by atoms with Gasteiger partial charge in [-0.25, -0.2) is 0 Å². The van der Waals surface area contributed by atoms with Gasteiger partial charge >= 0.3 is 11.9 Å². The smallest absolute Gasteiger partial charge is 0.306 e. The van der Waals surface area contributed by atoms with Gasteiger partial charge in [-0.2, -0.15) is 0 Å². The maximum Gasteiger partial charge on any atom is 0.306 e. The summed E-state index contributed by atoms with van der Waals surface area (Å²) in [6.07, 6.45) is -2.34. The lowest BCUT2D eigenvalue weighted by molar-refractivity contribution is -0.150. The molecule has 0 aromatic rings. The van der Waals surface area contributed by atoms with Crippen molar-refractivity contribution in [2.24, 2.45) is 5.92 Å². The highest BCUT2D eigenvalue weighted by Gasteiger charge is 2.37. The zero-order valence-corrected chi connectivity index (χ0v) is 9.90. The zero-order valence-electron chi connectivity index (χ0n) is 9.90. The van der Waals surface area contributed by atoms with Gasteiger partial charge in [-0.1, -0.05) is 0 Å². The Bertz CT molecular complexity index is 424. The molecule has 2 unspecified atom stereocenters. The number of ether oxygens (including phenoxy) is 1. The molecule has 0 saturated heterocycles. The van der Waals surface area contributed by atoms with Crippen LogP contribution in [-0.2, 0) is 19.1 Å². The quantitative estimate of drug-likeness (QED) is 0.482. The van der Waals surface area contributed by atoms with Gasteiger partial charge in [0.05, 0.1) is 24.9 Å². The number of Topliss-reactive ketones (excluding diaryl/α,β-unsaturated/α-hetero) is 1. The number of carbonyl (C=O) groups is 3. The van der Waals surface area contributed by atoms with Crippen LogP contribution in [0.25, 0.3) is 0 Å². The second-order valence-corrected chi connectivity index (χ2v) is 4.11. The molecule has 8 nitrogen and oxygen atoms in total. The van der Waals surface area contributed by atoms with Crippen molar-refractivity contribution in [1.82, 2.24) is 0 Å². The molecular weight excluding hydrogens is 260 g/mol. The molecule has 0 spiro atoms. The normalized spacial score (nSPS) is 20.5. The largest absolute Gasteiger partial charge is 0.508 e. The molecule has 0 saturated carbocycles. The van der Waals surface area contributed by atoms with Crippen LogP contribution in [0.2, 0.25) is 0 Å². The summed E-state index contributed by atoms with van der Waals surface area (Å²) in [5, 5.41) is 36.4. The Morgan fingerprint density at radius 3 is 2.42 bits per heavy atom. The Labute approximate surface area is 107 Å². The summed E-state index contributed by atoms with van der Waals surface area (Å²) in [6, 6.07) is 0. The third-order valence-corrected chi connectivity index (χ3v) is 2.69. The van der Waals surface area contributed by atoms with Gasteiger partial charge < -0.3 is 25.2 Å². The van der Waals surface area contributed by atoms with Gasteiger partial charge in [0.2, 0.25) is 5.78 Å². The number of carboxylic acid groups (broad SMARTS) is 1. The van der Waals surface area contributed by atoms with Gasteiger partial charge in [0.25, 0.3) is 0 Å². The topological polar surface area (TPSA) is 141 Å². The number of esters is 1. The second-order valence-electron chi connectivity index (χ2n) is 4.11. The molecule has 1 aliphatic rings. The fourth-order valence-electron chi connectivity index (χ4n) is 1.61. The van der Waals surface area contributed by atoms with Gasteiger partial charge in [-0.15, -0.1) is 0 Å². The lowest BCUT2D eigenvalue weighted by atomic mass is 10.0. The summed E-state index contributed by atoms with van der Waals surface area (Å²) in [7, 11) is 0. The third kappa shape index (κ3) is 3.95. The monoisotopic (exact) mass is 274 g/mol. The summed E-state index contributed by atoms with van der Waals surface area (Å²) in [6.45, 7) is -0.492. The van der Waals surface area contributed by atoms with E-state index in [1.165, 1.54) is 0 Å². The van der Waals surface area contributed by atoms with Crippen molar-refractivity contribution in [2.45, 2.75) is 25.4 Å². The van der Waals surface area contributed by atoms with Crippen LogP contribution in [-0.4, -0.2) is 50.9 Å². The second kappa shape index (κ2) is 6.19. The van der Waals surface area contributed by atoms with E-state index in [-0.39, 0.29) is 19.3 Å². The van der Waals surface area contributed by atoms with E-state index in [1.54, 1.807) is 0 Å². The number of aliphatic hydroxyl groups excluding tert-OH is 3. The molecule has 8 heteroatoms. The minimum Gasteiger partial charge on any atom is -0.508 e. The average Bonchev–Trinajstić information content (AvgIpc) is 2.61. The number of carboxylic acids is 1. The minimum absolute atomic E-state index is 0.272. The maximum absolute atomic E-state index is 11.1. The van der Waals surface area contributed by atoms with E-state index < -0.39 is 47.9 Å². The predicted octanol–water partition coefficient (Wildman–Crippen LogP) is -0.328. The van der Waals surface area contributed by atoms with Crippen LogP contribution >= 0.6 is 0 Å². The van der Waals surface area contributed by atoms with E-state index in [1.807, 2.05) is 0 Å². The van der Waals surface area contributed by atoms with Crippen molar-refractivity contribution in [3.63, 3.8) is 0 Å². The fraction of sp³-hybridized carbons (Fsp3) is 0.545. The van der Waals surface area contributed by atoms with Crippen LogP contribution in [0.4, 0.5) is 0 Å². The molecular formula is C11H14O8. The molecule has 106 valence electrons. The SMILES string of the molecule is O=C(O)CCC(=O)OCC(O)C1CC(=O)C(O)=C1O. The lowest BCUT2D eigenvalue weighted by Crippen LogP contribution is -2.27. The Hall–Kier alpha value is -2.09.